The van der Waals surface area contributed by atoms with E-state index in [1.807, 2.05) is 12.1 Å². The van der Waals surface area contributed by atoms with E-state index < -0.39 is 5.97 Å². The third-order valence-electron chi connectivity index (χ3n) is 2.11. The van der Waals surface area contributed by atoms with E-state index in [9.17, 15) is 9.59 Å². The summed E-state index contributed by atoms with van der Waals surface area (Å²) in [6, 6.07) is 7.14. The van der Waals surface area contributed by atoms with Gasteiger partial charge in [0.2, 0.25) is 6.08 Å². The largest absolute Gasteiger partial charge is 0.462 e. The molecule has 0 fully saturated rings. The van der Waals surface area contributed by atoms with Gasteiger partial charge in [-0.05, 0) is 18.6 Å². The number of carbonyl (C=O) groups is 1. The molecule has 1 rings (SSSR count). The Kier molecular flexibility index (Phi) is 4.85. The van der Waals surface area contributed by atoms with Crippen LogP contribution in [0.25, 0.3) is 0 Å². The minimum atomic E-state index is -0.415. The molecule has 0 atom stereocenters. The number of carbonyl (C=O) groups excluding carboxylic acids is 2. The molecule has 0 unspecified atom stereocenters. The minimum Gasteiger partial charge on any atom is -0.462 e. The summed E-state index contributed by atoms with van der Waals surface area (Å²) >= 11 is 0. The van der Waals surface area contributed by atoms with Crippen LogP contribution in [-0.4, -0.2) is 18.7 Å². The summed E-state index contributed by atoms with van der Waals surface area (Å²) in [6.45, 7) is 5.31. The molecule has 0 saturated heterocycles. The molecule has 1 aromatic carbocycles. The average molecular weight is 231 g/mol. The van der Waals surface area contributed by atoms with Crippen molar-refractivity contribution < 1.29 is 14.3 Å². The maximum Gasteiger partial charge on any atom is 0.333 e. The SMILES string of the molecule is C=C(C)C(=O)OCCc1ccccc1N=C=O. The van der Waals surface area contributed by atoms with Gasteiger partial charge < -0.3 is 4.74 Å². The molecule has 0 aliphatic rings. The Morgan fingerprint density at radius 1 is 1.47 bits per heavy atom. The first-order valence-electron chi connectivity index (χ1n) is 5.13. The normalized spacial score (nSPS) is 9.24. The molecule has 0 aliphatic carbocycles. The first-order chi connectivity index (χ1) is 8.15. The summed E-state index contributed by atoms with van der Waals surface area (Å²) in [6.07, 6.45) is 2.00. The highest BCUT2D eigenvalue weighted by atomic mass is 16.5. The van der Waals surface area contributed by atoms with Gasteiger partial charge in [0.25, 0.3) is 0 Å². The molecule has 4 nitrogen and oxygen atoms in total. The molecule has 0 spiro atoms. The van der Waals surface area contributed by atoms with Crippen LogP contribution in [0.2, 0.25) is 0 Å². The lowest BCUT2D eigenvalue weighted by Gasteiger charge is -2.05. The van der Waals surface area contributed by atoms with Gasteiger partial charge in [-0.1, -0.05) is 24.8 Å². The van der Waals surface area contributed by atoms with Crippen LogP contribution < -0.4 is 0 Å². The fourth-order valence-corrected chi connectivity index (χ4v) is 1.26. The lowest BCUT2D eigenvalue weighted by molar-refractivity contribution is -0.138. The van der Waals surface area contributed by atoms with Crippen molar-refractivity contribution in [1.29, 1.82) is 0 Å². The average Bonchev–Trinajstić information content (AvgIpc) is 2.31. The molecule has 0 heterocycles. The van der Waals surface area contributed by atoms with Crippen molar-refractivity contribution in [2.24, 2.45) is 4.99 Å². The second-order valence-corrected chi connectivity index (χ2v) is 3.50. The van der Waals surface area contributed by atoms with Gasteiger partial charge in [-0.25, -0.2) is 9.59 Å². The third-order valence-corrected chi connectivity index (χ3v) is 2.11. The second-order valence-electron chi connectivity index (χ2n) is 3.50. The lowest BCUT2D eigenvalue weighted by Crippen LogP contribution is -2.08. The quantitative estimate of drug-likeness (QED) is 0.338. The van der Waals surface area contributed by atoms with Gasteiger partial charge >= 0.3 is 5.97 Å². The van der Waals surface area contributed by atoms with Crippen LogP contribution in [0.5, 0.6) is 0 Å². The fourth-order valence-electron chi connectivity index (χ4n) is 1.26. The molecular weight excluding hydrogens is 218 g/mol. The molecule has 0 radical (unpaired) electrons. The molecule has 88 valence electrons. The van der Waals surface area contributed by atoms with E-state index in [2.05, 4.69) is 11.6 Å². The summed E-state index contributed by atoms with van der Waals surface area (Å²) in [5.74, 6) is -0.415. The lowest BCUT2D eigenvalue weighted by atomic mass is 10.1. The Hall–Kier alpha value is -2.19. The zero-order valence-electron chi connectivity index (χ0n) is 9.60. The van der Waals surface area contributed by atoms with Crippen LogP contribution in [0, 0.1) is 0 Å². The maximum atomic E-state index is 11.1. The van der Waals surface area contributed by atoms with Gasteiger partial charge in [-0.2, -0.15) is 4.99 Å². The van der Waals surface area contributed by atoms with Crippen molar-refractivity contribution in [2.75, 3.05) is 6.61 Å². The Morgan fingerprint density at radius 3 is 2.82 bits per heavy atom. The summed E-state index contributed by atoms with van der Waals surface area (Å²) in [4.78, 5) is 24.9. The molecule has 0 amide bonds. The molecule has 0 aromatic heterocycles. The number of esters is 1. The third kappa shape index (κ3) is 4.05. The smallest absolute Gasteiger partial charge is 0.333 e. The predicted octanol–water partition coefficient (Wildman–Crippen LogP) is 2.32. The van der Waals surface area contributed by atoms with Crippen LogP contribution in [0.3, 0.4) is 0 Å². The van der Waals surface area contributed by atoms with E-state index in [0.29, 0.717) is 17.7 Å². The van der Waals surface area contributed by atoms with Crippen molar-refractivity contribution >= 4 is 17.7 Å². The number of isocyanates is 1. The van der Waals surface area contributed by atoms with Crippen molar-refractivity contribution in [1.82, 2.24) is 0 Å². The first-order valence-corrected chi connectivity index (χ1v) is 5.13. The first kappa shape index (κ1) is 12.9. The van der Waals surface area contributed by atoms with Gasteiger partial charge in [-0.3, -0.25) is 0 Å². The van der Waals surface area contributed by atoms with E-state index >= 15 is 0 Å². The standard InChI is InChI=1S/C13H13NO3/c1-10(2)13(16)17-8-7-11-5-3-4-6-12(11)14-9-15/h3-6H,1,7-8H2,2H3. The van der Waals surface area contributed by atoms with Crippen LogP contribution in [-0.2, 0) is 20.7 Å². The Labute approximate surface area is 99.6 Å². The number of nitrogens with zero attached hydrogens (tertiary/aromatic N) is 1. The summed E-state index contributed by atoms with van der Waals surface area (Å²) in [5, 5.41) is 0. The second kappa shape index (κ2) is 6.40. The number of para-hydroxylation sites is 1. The van der Waals surface area contributed by atoms with Gasteiger partial charge in [0.1, 0.15) is 0 Å². The Morgan fingerprint density at radius 2 is 2.18 bits per heavy atom. The number of hydrogen-bond donors (Lipinski definition) is 0. The fraction of sp³-hybridized carbons (Fsp3) is 0.231. The highest BCUT2D eigenvalue weighted by Crippen LogP contribution is 2.18. The molecule has 0 saturated carbocycles. The van der Waals surface area contributed by atoms with E-state index in [1.165, 1.54) is 6.08 Å². The van der Waals surface area contributed by atoms with E-state index in [4.69, 9.17) is 4.74 Å². The monoisotopic (exact) mass is 231 g/mol. The molecule has 0 aliphatic heterocycles. The minimum absolute atomic E-state index is 0.233. The highest BCUT2D eigenvalue weighted by Gasteiger charge is 2.04. The van der Waals surface area contributed by atoms with Crippen molar-refractivity contribution in [2.45, 2.75) is 13.3 Å². The maximum absolute atomic E-state index is 11.1. The van der Waals surface area contributed by atoms with Gasteiger partial charge in [-0.15, -0.1) is 0 Å². The number of rotatable bonds is 5. The number of hydrogen-bond acceptors (Lipinski definition) is 4. The van der Waals surface area contributed by atoms with Crippen molar-refractivity contribution in [3.63, 3.8) is 0 Å². The predicted molar refractivity (Wildman–Crippen MR) is 63.7 cm³/mol. The van der Waals surface area contributed by atoms with Crippen LogP contribution >= 0.6 is 0 Å². The summed E-state index contributed by atoms with van der Waals surface area (Å²) in [5.41, 5.74) is 1.75. The van der Waals surface area contributed by atoms with E-state index in [-0.39, 0.29) is 6.61 Å². The van der Waals surface area contributed by atoms with Crippen molar-refractivity contribution in [3.05, 3.63) is 42.0 Å². The zero-order chi connectivity index (χ0) is 12.7. The van der Waals surface area contributed by atoms with Gasteiger partial charge in [0.15, 0.2) is 0 Å². The van der Waals surface area contributed by atoms with Gasteiger partial charge in [0.05, 0.1) is 12.3 Å². The Bertz CT molecular complexity index is 473. The van der Waals surface area contributed by atoms with Crippen LogP contribution in [0.1, 0.15) is 12.5 Å². The zero-order valence-corrected chi connectivity index (χ0v) is 9.60. The van der Waals surface area contributed by atoms with Crippen LogP contribution in [0.4, 0.5) is 5.69 Å². The molecular formula is C13H13NO3. The summed E-state index contributed by atoms with van der Waals surface area (Å²) in [7, 11) is 0. The summed E-state index contributed by atoms with van der Waals surface area (Å²) < 4.78 is 4.96. The Balaban J connectivity index is 2.60. The van der Waals surface area contributed by atoms with E-state index in [0.717, 1.165) is 5.56 Å². The van der Waals surface area contributed by atoms with Gasteiger partial charge in [0, 0.05) is 12.0 Å². The molecule has 0 N–H and O–H groups in total. The molecule has 0 bridgehead atoms. The topological polar surface area (TPSA) is 55.7 Å². The number of aliphatic imine (C=N–C) groups is 1. The molecule has 17 heavy (non-hydrogen) atoms. The van der Waals surface area contributed by atoms with Crippen molar-refractivity contribution in [3.8, 4) is 0 Å². The molecule has 1 aromatic rings. The van der Waals surface area contributed by atoms with E-state index in [1.54, 1.807) is 19.1 Å². The van der Waals surface area contributed by atoms with Crippen LogP contribution in [0.15, 0.2) is 41.4 Å². The number of ether oxygens (including phenoxy) is 1. The molecule has 4 heteroatoms. The highest BCUT2D eigenvalue weighted by molar-refractivity contribution is 5.86. The number of benzene rings is 1.